The zero-order chi connectivity index (χ0) is 12.8. The van der Waals surface area contributed by atoms with Crippen molar-refractivity contribution in [3.05, 3.63) is 22.2 Å². The predicted molar refractivity (Wildman–Crippen MR) is 68.6 cm³/mol. The van der Waals surface area contributed by atoms with Gasteiger partial charge < -0.3 is 14.6 Å². The van der Waals surface area contributed by atoms with Gasteiger partial charge in [-0.3, -0.25) is 4.79 Å². The Balaban J connectivity index is 2.65. The van der Waals surface area contributed by atoms with E-state index in [1.807, 2.05) is 32.7 Å². The van der Waals surface area contributed by atoms with Gasteiger partial charge in [0.05, 0.1) is 12.7 Å². The first-order valence-electron chi connectivity index (χ1n) is 5.96. The Labute approximate surface area is 102 Å². The summed E-state index contributed by atoms with van der Waals surface area (Å²) in [5.74, 6) is 1.40. The highest BCUT2D eigenvalue weighted by atomic mass is 16.5. The zero-order valence-electron chi connectivity index (χ0n) is 11.0. The van der Waals surface area contributed by atoms with E-state index in [2.05, 4.69) is 9.97 Å². The third kappa shape index (κ3) is 4.56. The standard InChI is InChI=1S/C12H21N3O2/c1-5-10-13-11(8-12(16)14-10)15(4)6-7-17-9(2)3/h8-9H,5-7H2,1-4H3,(H,13,14,16). The van der Waals surface area contributed by atoms with E-state index >= 15 is 0 Å². The van der Waals surface area contributed by atoms with Crippen LogP contribution in [-0.4, -0.2) is 36.3 Å². The number of rotatable bonds is 6. The highest BCUT2D eigenvalue weighted by Crippen LogP contribution is 2.05. The van der Waals surface area contributed by atoms with E-state index in [1.165, 1.54) is 6.07 Å². The van der Waals surface area contributed by atoms with Crippen LogP contribution in [0, 0.1) is 0 Å². The number of likely N-dealkylation sites (N-methyl/N-ethyl adjacent to an activating group) is 1. The van der Waals surface area contributed by atoms with Gasteiger partial charge >= 0.3 is 0 Å². The second-order valence-electron chi connectivity index (χ2n) is 4.24. The zero-order valence-corrected chi connectivity index (χ0v) is 11.0. The van der Waals surface area contributed by atoms with Gasteiger partial charge in [0.1, 0.15) is 11.6 Å². The third-order valence-corrected chi connectivity index (χ3v) is 2.38. The van der Waals surface area contributed by atoms with Crippen LogP contribution in [0.3, 0.4) is 0 Å². The van der Waals surface area contributed by atoms with Crippen LogP contribution in [-0.2, 0) is 11.2 Å². The summed E-state index contributed by atoms with van der Waals surface area (Å²) >= 11 is 0. The van der Waals surface area contributed by atoms with Gasteiger partial charge in [0, 0.05) is 26.1 Å². The normalized spacial score (nSPS) is 10.9. The molecule has 1 aromatic heterocycles. The van der Waals surface area contributed by atoms with Crippen molar-refractivity contribution in [2.45, 2.75) is 33.3 Å². The topological polar surface area (TPSA) is 58.2 Å². The van der Waals surface area contributed by atoms with Crippen molar-refractivity contribution in [3.63, 3.8) is 0 Å². The Bertz CT molecular complexity index is 401. The molecule has 0 amide bonds. The average Bonchev–Trinajstić information content (AvgIpc) is 2.27. The molecule has 0 atom stereocenters. The van der Waals surface area contributed by atoms with Gasteiger partial charge in [-0.1, -0.05) is 6.92 Å². The smallest absolute Gasteiger partial charge is 0.252 e. The molecule has 0 aliphatic carbocycles. The highest BCUT2D eigenvalue weighted by Gasteiger charge is 2.05. The SMILES string of the molecule is CCc1nc(N(C)CCOC(C)C)cc(=O)[nH]1. The highest BCUT2D eigenvalue weighted by molar-refractivity contribution is 5.36. The molecule has 17 heavy (non-hydrogen) atoms. The first kappa shape index (κ1) is 13.7. The number of aromatic nitrogens is 2. The number of ether oxygens (including phenoxy) is 1. The maximum Gasteiger partial charge on any atom is 0.252 e. The van der Waals surface area contributed by atoms with Gasteiger partial charge in [0.2, 0.25) is 0 Å². The second-order valence-corrected chi connectivity index (χ2v) is 4.24. The van der Waals surface area contributed by atoms with E-state index in [-0.39, 0.29) is 11.7 Å². The molecule has 1 aromatic rings. The summed E-state index contributed by atoms with van der Waals surface area (Å²) in [4.78, 5) is 20.4. The van der Waals surface area contributed by atoms with Crippen molar-refractivity contribution in [3.8, 4) is 0 Å². The van der Waals surface area contributed by atoms with Gasteiger partial charge in [0.15, 0.2) is 0 Å². The molecule has 5 nitrogen and oxygen atoms in total. The molecule has 0 bridgehead atoms. The van der Waals surface area contributed by atoms with Gasteiger partial charge in [-0.05, 0) is 13.8 Å². The minimum atomic E-state index is -0.108. The molecule has 5 heteroatoms. The van der Waals surface area contributed by atoms with Crippen LogP contribution >= 0.6 is 0 Å². The lowest BCUT2D eigenvalue weighted by atomic mass is 10.4. The van der Waals surface area contributed by atoms with Crippen molar-refractivity contribution in [1.82, 2.24) is 9.97 Å². The van der Waals surface area contributed by atoms with E-state index in [0.29, 0.717) is 18.2 Å². The van der Waals surface area contributed by atoms with E-state index in [9.17, 15) is 4.79 Å². The van der Waals surface area contributed by atoms with Crippen LogP contribution in [0.15, 0.2) is 10.9 Å². The van der Waals surface area contributed by atoms with E-state index in [1.54, 1.807) is 0 Å². The van der Waals surface area contributed by atoms with Crippen molar-refractivity contribution >= 4 is 5.82 Å². The molecular formula is C12H21N3O2. The summed E-state index contributed by atoms with van der Waals surface area (Å²) in [6, 6.07) is 1.51. The number of anilines is 1. The van der Waals surface area contributed by atoms with Crippen LogP contribution < -0.4 is 10.5 Å². The number of hydrogen-bond acceptors (Lipinski definition) is 4. The second kappa shape index (κ2) is 6.39. The molecule has 1 N–H and O–H groups in total. The summed E-state index contributed by atoms with van der Waals surface area (Å²) in [5, 5.41) is 0. The molecule has 0 fully saturated rings. The molecule has 0 aliphatic heterocycles. The van der Waals surface area contributed by atoms with Crippen molar-refractivity contribution in [1.29, 1.82) is 0 Å². The molecule has 0 unspecified atom stereocenters. The Morgan fingerprint density at radius 3 is 2.82 bits per heavy atom. The number of H-pyrrole nitrogens is 1. The molecule has 0 aliphatic rings. The quantitative estimate of drug-likeness (QED) is 0.810. The summed E-state index contributed by atoms with van der Waals surface area (Å²) in [6.07, 6.45) is 0.945. The molecule has 0 spiro atoms. The van der Waals surface area contributed by atoms with Crippen LogP contribution in [0.25, 0.3) is 0 Å². The van der Waals surface area contributed by atoms with Gasteiger partial charge in [0.25, 0.3) is 5.56 Å². The predicted octanol–water partition coefficient (Wildman–Crippen LogP) is 1.19. The Kier molecular flexibility index (Phi) is 5.15. The van der Waals surface area contributed by atoms with E-state index in [0.717, 1.165) is 13.0 Å². The van der Waals surface area contributed by atoms with Crippen LogP contribution in [0.2, 0.25) is 0 Å². The molecule has 96 valence electrons. The summed E-state index contributed by atoms with van der Waals surface area (Å²) in [5.41, 5.74) is -0.108. The third-order valence-electron chi connectivity index (χ3n) is 2.38. The average molecular weight is 239 g/mol. The molecule has 1 rings (SSSR count). The fourth-order valence-corrected chi connectivity index (χ4v) is 1.40. The lowest BCUT2D eigenvalue weighted by Crippen LogP contribution is -2.26. The monoisotopic (exact) mass is 239 g/mol. The Morgan fingerprint density at radius 1 is 1.53 bits per heavy atom. The Hall–Kier alpha value is -1.36. The minimum Gasteiger partial charge on any atom is -0.377 e. The van der Waals surface area contributed by atoms with Crippen molar-refractivity contribution in [2.24, 2.45) is 0 Å². The Morgan fingerprint density at radius 2 is 2.24 bits per heavy atom. The lowest BCUT2D eigenvalue weighted by molar-refractivity contribution is 0.0845. The van der Waals surface area contributed by atoms with Crippen LogP contribution in [0.4, 0.5) is 5.82 Å². The molecule has 1 heterocycles. The first-order chi connectivity index (χ1) is 8.02. The van der Waals surface area contributed by atoms with Gasteiger partial charge in [-0.25, -0.2) is 4.98 Å². The summed E-state index contributed by atoms with van der Waals surface area (Å²) < 4.78 is 5.47. The number of aromatic amines is 1. The molecule has 0 saturated heterocycles. The van der Waals surface area contributed by atoms with Gasteiger partial charge in [-0.2, -0.15) is 0 Å². The first-order valence-corrected chi connectivity index (χ1v) is 5.96. The van der Waals surface area contributed by atoms with Crippen molar-refractivity contribution < 1.29 is 4.74 Å². The molecular weight excluding hydrogens is 218 g/mol. The number of nitrogens with one attached hydrogen (secondary N) is 1. The van der Waals surface area contributed by atoms with Crippen LogP contribution in [0.5, 0.6) is 0 Å². The van der Waals surface area contributed by atoms with Crippen molar-refractivity contribution in [2.75, 3.05) is 25.1 Å². The maximum absolute atomic E-state index is 11.4. The lowest BCUT2D eigenvalue weighted by Gasteiger charge is -2.19. The molecule has 0 aromatic carbocycles. The number of nitrogens with zero attached hydrogens (tertiary/aromatic N) is 2. The fourth-order valence-electron chi connectivity index (χ4n) is 1.40. The summed E-state index contributed by atoms with van der Waals surface area (Å²) in [6.45, 7) is 7.31. The van der Waals surface area contributed by atoms with Gasteiger partial charge in [-0.15, -0.1) is 0 Å². The number of aryl methyl sites for hydroxylation is 1. The summed E-state index contributed by atoms with van der Waals surface area (Å²) in [7, 11) is 1.91. The van der Waals surface area contributed by atoms with E-state index < -0.39 is 0 Å². The van der Waals surface area contributed by atoms with E-state index in [4.69, 9.17) is 4.74 Å². The minimum absolute atomic E-state index is 0.108. The molecule has 0 saturated carbocycles. The largest absolute Gasteiger partial charge is 0.377 e. The maximum atomic E-state index is 11.4. The fraction of sp³-hybridized carbons (Fsp3) is 0.667. The van der Waals surface area contributed by atoms with Crippen LogP contribution in [0.1, 0.15) is 26.6 Å². The molecule has 0 radical (unpaired) electrons. The number of hydrogen-bond donors (Lipinski definition) is 1.